The number of nitro benzene ring substituents is 1. The highest BCUT2D eigenvalue weighted by atomic mass is 79.9. The van der Waals surface area contributed by atoms with Crippen molar-refractivity contribution in [3.05, 3.63) is 80.1 Å². The van der Waals surface area contributed by atoms with Crippen molar-refractivity contribution in [1.29, 1.82) is 0 Å². The summed E-state index contributed by atoms with van der Waals surface area (Å²) in [4.78, 5) is 26.6. The Morgan fingerprint density at radius 2 is 1.85 bits per heavy atom. The van der Waals surface area contributed by atoms with E-state index in [2.05, 4.69) is 26.2 Å². The number of amides is 1. The van der Waals surface area contributed by atoms with Crippen LogP contribution in [0.3, 0.4) is 0 Å². The molecule has 26 heavy (non-hydrogen) atoms. The number of non-ortho nitro benzene ring substituents is 1. The summed E-state index contributed by atoms with van der Waals surface area (Å²) in [5.41, 5.74) is 2.46. The first kappa shape index (κ1) is 18.0. The predicted molar refractivity (Wildman–Crippen MR) is 106 cm³/mol. The first-order valence-electron chi connectivity index (χ1n) is 7.46. The van der Waals surface area contributed by atoms with Gasteiger partial charge >= 0.3 is 0 Å². The molecular formula is C18H12BrN3O3S. The van der Waals surface area contributed by atoms with Gasteiger partial charge in [-0.15, -0.1) is 11.3 Å². The van der Waals surface area contributed by atoms with Crippen molar-refractivity contribution in [2.75, 3.05) is 5.32 Å². The molecule has 2 aromatic carbocycles. The number of thiazole rings is 1. The highest BCUT2D eigenvalue weighted by molar-refractivity contribution is 9.10. The zero-order valence-electron chi connectivity index (χ0n) is 13.3. The molecule has 3 aromatic rings. The monoisotopic (exact) mass is 429 g/mol. The van der Waals surface area contributed by atoms with Crippen LogP contribution in [0.15, 0.2) is 64.5 Å². The van der Waals surface area contributed by atoms with Crippen molar-refractivity contribution in [2.45, 2.75) is 0 Å². The lowest BCUT2D eigenvalue weighted by Crippen LogP contribution is -2.07. The zero-order valence-corrected chi connectivity index (χ0v) is 15.7. The molecule has 0 unspecified atom stereocenters. The molecule has 0 spiro atoms. The Labute approximate surface area is 161 Å². The number of anilines is 1. The Morgan fingerprint density at radius 3 is 2.50 bits per heavy atom. The summed E-state index contributed by atoms with van der Waals surface area (Å²) in [7, 11) is 0. The van der Waals surface area contributed by atoms with E-state index in [1.807, 2.05) is 29.6 Å². The quantitative estimate of drug-likeness (QED) is 0.345. The van der Waals surface area contributed by atoms with E-state index in [0.29, 0.717) is 10.7 Å². The fourth-order valence-corrected chi connectivity index (χ4v) is 3.10. The number of hydrogen-bond donors (Lipinski definition) is 1. The molecule has 130 valence electrons. The normalized spacial score (nSPS) is 10.8. The van der Waals surface area contributed by atoms with E-state index >= 15 is 0 Å². The molecule has 0 saturated heterocycles. The predicted octanol–water partition coefficient (Wildman–Crippen LogP) is 5.13. The third kappa shape index (κ3) is 4.62. The summed E-state index contributed by atoms with van der Waals surface area (Å²) in [6.45, 7) is 0. The third-order valence-electron chi connectivity index (χ3n) is 3.41. The van der Waals surface area contributed by atoms with E-state index in [4.69, 9.17) is 0 Å². The van der Waals surface area contributed by atoms with Gasteiger partial charge in [-0.3, -0.25) is 20.2 Å². The first-order chi connectivity index (χ1) is 12.5. The van der Waals surface area contributed by atoms with Crippen molar-refractivity contribution in [3.63, 3.8) is 0 Å². The summed E-state index contributed by atoms with van der Waals surface area (Å²) >= 11 is 4.73. The van der Waals surface area contributed by atoms with Crippen molar-refractivity contribution in [1.82, 2.24) is 4.98 Å². The maximum Gasteiger partial charge on any atom is 0.269 e. The maximum absolute atomic E-state index is 12.0. The summed E-state index contributed by atoms with van der Waals surface area (Å²) in [6, 6.07) is 13.7. The van der Waals surface area contributed by atoms with Crippen molar-refractivity contribution < 1.29 is 9.72 Å². The topological polar surface area (TPSA) is 85.1 Å². The van der Waals surface area contributed by atoms with Gasteiger partial charge in [0.2, 0.25) is 5.91 Å². The van der Waals surface area contributed by atoms with Gasteiger partial charge in [-0.2, -0.15) is 0 Å². The van der Waals surface area contributed by atoms with Gasteiger partial charge in [0.25, 0.3) is 5.69 Å². The van der Waals surface area contributed by atoms with Gasteiger partial charge in [0.05, 0.1) is 10.6 Å². The second-order valence-electron chi connectivity index (χ2n) is 5.22. The van der Waals surface area contributed by atoms with Crippen molar-refractivity contribution >= 4 is 50.1 Å². The van der Waals surface area contributed by atoms with Gasteiger partial charge in [-0.05, 0) is 35.9 Å². The standard InChI is InChI=1S/C18H12BrN3O3S/c19-14-6-4-13(5-7-14)16-11-26-18(20-16)21-17(23)10-3-12-1-8-15(9-2-12)22(24)25/h1-11H,(H,20,21,23)/b10-3+. The number of rotatable bonds is 5. The van der Waals surface area contributed by atoms with Crippen LogP contribution in [-0.2, 0) is 4.79 Å². The minimum absolute atomic E-state index is 0.00913. The van der Waals surface area contributed by atoms with E-state index in [1.54, 1.807) is 18.2 Å². The summed E-state index contributed by atoms with van der Waals surface area (Å²) in [5.74, 6) is -0.319. The molecule has 1 amide bonds. The van der Waals surface area contributed by atoms with E-state index < -0.39 is 4.92 Å². The van der Waals surface area contributed by atoms with Crippen LogP contribution in [-0.4, -0.2) is 15.8 Å². The van der Waals surface area contributed by atoms with Crippen LogP contribution in [0.25, 0.3) is 17.3 Å². The molecule has 1 aromatic heterocycles. The Balaban J connectivity index is 1.63. The number of aromatic nitrogens is 1. The Kier molecular flexibility index (Phi) is 5.55. The maximum atomic E-state index is 12.0. The number of nitrogens with zero attached hydrogens (tertiary/aromatic N) is 2. The van der Waals surface area contributed by atoms with E-state index in [9.17, 15) is 14.9 Å². The fourth-order valence-electron chi connectivity index (χ4n) is 2.11. The van der Waals surface area contributed by atoms with Crippen molar-refractivity contribution in [2.24, 2.45) is 0 Å². The number of nitro groups is 1. The highest BCUT2D eigenvalue weighted by Gasteiger charge is 2.07. The summed E-state index contributed by atoms with van der Waals surface area (Å²) in [5, 5.41) is 15.7. The molecule has 0 atom stereocenters. The smallest absolute Gasteiger partial charge is 0.269 e. The Morgan fingerprint density at radius 1 is 1.15 bits per heavy atom. The van der Waals surface area contributed by atoms with Crippen LogP contribution in [0.4, 0.5) is 10.8 Å². The summed E-state index contributed by atoms with van der Waals surface area (Å²) < 4.78 is 0.987. The lowest BCUT2D eigenvalue weighted by Gasteiger charge is -1.98. The number of nitrogens with one attached hydrogen (secondary N) is 1. The molecule has 1 heterocycles. The highest BCUT2D eigenvalue weighted by Crippen LogP contribution is 2.26. The Bertz CT molecular complexity index is 966. The zero-order chi connectivity index (χ0) is 18.5. The van der Waals surface area contributed by atoms with Crippen LogP contribution in [0, 0.1) is 10.1 Å². The van der Waals surface area contributed by atoms with E-state index in [-0.39, 0.29) is 11.6 Å². The molecule has 0 radical (unpaired) electrons. The fraction of sp³-hybridized carbons (Fsp3) is 0. The molecular weight excluding hydrogens is 418 g/mol. The summed E-state index contributed by atoms with van der Waals surface area (Å²) in [6.07, 6.45) is 2.95. The van der Waals surface area contributed by atoms with Crippen molar-refractivity contribution in [3.8, 4) is 11.3 Å². The van der Waals surface area contributed by atoms with Gasteiger partial charge in [0, 0.05) is 33.6 Å². The largest absolute Gasteiger partial charge is 0.298 e. The van der Waals surface area contributed by atoms with Crippen LogP contribution in [0.2, 0.25) is 0 Å². The van der Waals surface area contributed by atoms with Crippen LogP contribution in [0.1, 0.15) is 5.56 Å². The SMILES string of the molecule is O=C(/C=C/c1ccc([N+](=O)[O-])cc1)Nc1nc(-c2ccc(Br)cc2)cs1. The lowest BCUT2D eigenvalue weighted by molar-refractivity contribution is -0.384. The third-order valence-corrected chi connectivity index (χ3v) is 4.69. The number of carbonyl (C=O) groups excluding carboxylic acids is 1. The number of hydrogen-bond acceptors (Lipinski definition) is 5. The molecule has 0 bridgehead atoms. The minimum Gasteiger partial charge on any atom is -0.298 e. The van der Waals surface area contributed by atoms with E-state index in [0.717, 1.165) is 15.7 Å². The first-order valence-corrected chi connectivity index (χ1v) is 9.13. The van der Waals surface area contributed by atoms with Gasteiger partial charge in [0.1, 0.15) is 0 Å². The molecule has 0 saturated carbocycles. The van der Waals surface area contributed by atoms with Gasteiger partial charge in [-0.25, -0.2) is 4.98 Å². The molecule has 6 nitrogen and oxygen atoms in total. The molecule has 0 aliphatic heterocycles. The number of halogens is 1. The van der Waals surface area contributed by atoms with E-state index in [1.165, 1.54) is 29.5 Å². The average molecular weight is 430 g/mol. The molecule has 0 aliphatic carbocycles. The minimum atomic E-state index is -0.467. The van der Waals surface area contributed by atoms with Crippen LogP contribution in [0.5, 0.6) is 0 Å². The second-order valence-corrected chi connectivity index (χ2v) is 6.99. The molecule has 0 aliphatic rings. The number of carbonyl (C=O) groups is 1. The van der Waals surface area contributed by atoms with Gasteiger partial charge in [0.15, 0.2) is 5.13 Å². The Hall–Kier alpha value is -2.84. The van der Waals surface area contributed by atoms with Gasteiger partial charge < -0.3 is 0 Å². The van der Waals surface area contributed by atoms with Crippen LogP contribution < -0.4 is 5.32 Å². The van der Waals surface area contributed by atoms with Gasteiger partial charge in [-0.1, -0.05) is 28.1 Å². The average Bonchev–Trinajstić information content (AvgIpc) is 3.09. The molecule has 1 N–H and O–H groups in total. The van der Waals surface area contributed by atoms with Crippen LogP contribution >= 0.6 is 27.3 Å². The second kappa shape index (κ2) is 8.03. The number of benzene rings is 2. The molecule has 3 rings (SSSR count). The molecule has 0 fully saturated rings. The molecule has 8 heteroatoms. The lowest BCUT2D eigenvalue weighted by atomic mass is 10.2.